The zero-order valence-corrected chi connectivity index (χ0v) is 22.4. The van der Waals surface area contributed by atoms with E-state index < -0.39 is 11.6 Å². The number of aromatic nitrogens is 3. The van der Waals surface area contributed by atoms with E-state index in [-0.39, 0.29) is 16.5 Å². The van der Waals surface area contributed by atoms with Crippen LogP contribution in [0.1, 0.15) is 25.8 Å². The largest absolute Gasteiger partial charge is 0.378 e. The van der Waals surface area contributed by atoms with Gasteiger partial charge in [0.25, 0.3) is 5.56 Å². The lowest BCUT2D eigenvalue weighted by Gasteiger charge is -2.31. The van der Waals surface area contributed by atoms with E-state index in [1.807, 2.05) is 12.3 Å². The molecule has 0 spiro atoms. The van der Waals surface area contributed by atoms with Crippen LogP contribution in [0.4, 0.5) is 31.7 Å². The molecule has 5 rings (SSSR count). The van der Waals surface area contributed by atoms with E-state index in [0.29, 0.717) is 54.9 Å². The van der Waals surface area contributed by atoms with Crippen molar-refractivity contribution in [3.8, 4) is 5.82 Å². The molecule has 8 nitrogen and oxygen atoms in total. The van der Waals surface area contributed by atoms with Gasteiger partial charge in [-0.05, 0) is 32.4 Å². The van der Waals surface area contributed by atoms with Crippen LogP contribution in [0.25, 0.3) is 16.7 Å². The van der Waals surface area contributed by atoms with Crippen LogP contribution in [0, 0.1) is 18.6 Å². The predicted molar refractivity (Wildman–Crippen MR) is 151 cm³/mol. The average Bonchev–Trinajstić information content (AvgIpc) is 2.94. The van der Waals surface area contributed by atoms with Crippen LogP contribution in [0.5, 0.6) is 0 Å². The van der Waals surface area contributed by atoms with Crippen LogP contribution < -0.4 is 20.7 Å². The fourth-order valence-electron chi connectivity index (χ4n) is 5.00. The van der Waals surface area contributed by atoms with Gasteiger partial charge in [-0.15, -0.1) is 0 Å². The fourth-order valence-corrected chi connectivity index (χ4v) is 5.00. The Labute approximate surface area is 225 Å². The molecule has 0 radical (unpaired) electrons. The van der Waals surface area contributed by atoms with Crippen molar-refractivity contribution in [2.75, 3.05) is 54.5 Å². The number of anilines is 4. The molecule has 1 aromatic carbocycles. The first-order chi connectivity index (χ1) is 18.9. The summed E-state index contributed by atoms with van der Waals surface area (Å²) in [7, 11) is 0. The highest BCUT2D eigenvalue weighted by Gasteiger charge is 2.23. The molecule has 0 amide bonds. The van der Waals surface area contributed by atoms with Crippen molar-refractivity contribution in [2.24, 2.45) is 0 Å². The number of pyridine rings is 3. The minimum absolute atomic E-state index is 0.101. The van der Waals surface area contributed by atoms with Gasteiger partial charge in [0.15, 0.2) is 5.82 Å². The third-order valence-corrected chi connectivity index (χ3v) is 6.93. The summed E-state index contributed by atoms with van der Waals surface area (Å²) in [5.74, 6) is -0.489. The Bertz CT molecular complexity index is 1550. The minimum atomic E-state index is -0.746. The summed E-state index contributed by atoms with van der Waals surface area (Å²) in [6.45, 7) is 10.1. The van der Waals surface area contributed by atoms with E-state index in [4.69, 9.17) is 9.72 Å². The molecule has 3 aromatic heterocycles. The van der Waals surface area contributed by atoms with Crippen molar-refractivity contribution in [1.82, 2.24) is 14.5 Å². The van der Waals surface area contributed by atoms with Crippen molar-refractivity contribution in [3.05, 3.63) is 76.3 Å². The van der Waals surface area contributed by atoms with Crippen LogP contribution >= 0.6 is 0 Å². The molecule has 0 aliphatic carbocycles. The van der Waals surface area contributed by atoms with Gasteiger partial charge in [-0.25, -0.2) is 18.7 Å². The maximum Gasteiger partial charge on any atom is 0.256 e. The van der Waals surface area contributed by atoms with Gasteiger partial charge in [-0.3, -0.25) is 9.36 Å². The van der Waals surface area contributed by atoms with Gasteiger partial charge in [-0.1, -0.05) is 13.0 Å². The Hall–Kier alpha value is -4.05. The van der Waals surface area contributed by atoms with Crippen molar-refractivity contribution in [3.63, 3.8) is 0 Å². The summed E-state index contributed by atoms with van der Waals surface area (Å²) in [6, 6.07) is 8.80. The number of benzene rings is 1. The molecule has 1 aliphatic rings. The maximum absolute atomic E-state index is 15.4. The molecule has 0 atom stereocenters. The molecule has 1 N–H and O–H groups in total. The molecule has 0 bridgehead atoms. The summed E-state index contributed by atoms with van der Waals surface area (Å²) in [5.41, 5.74) is 2.35. The number of hydrogen-bond donors (Lipinski definition) is 1. The predicted octanol–water partition coefficient (Wildman–Crippen LogP) is 5.18. The monoisotopic (exact) mass is 534 g/mol. The smallest absolute Gasteiger partial charge is 0.256 e. The second kappa shape index (κ2) is 11.4. The van der Waals surface area contributed by atoms with Gasteiger partial charge >= 0.3 is 0 Å². The third kappa shape index (κ3) is 5.29. The van der Waals surface area contributed by atoms with Gasteiger partial charge in [0.1, 0.15) is 17.5 Å². The number of halogens is 2. The van der Waals surface area contributed by atoms with Gasteiger partial charge in [0.05, 0.1) is 47.4 Å². The maximum atomic E-state index is 15.4. The quantitative estimate of drug-likeness (QED) is 0.334. The van der Waals surface area contributed by atoms with E-state index in [1.165, 1.54) is 16.7 Å². The zero-order valence-electron chi connectivity index (χ0n) is 22.4. The van der Waals surface area contributed by atoms with E-state index in [9.17, 15) is 9.18 Å². The van der Waals surface area contributed by atoms with Crippen molar-refractivity contribution in [1.29, 1.82) is 0 Å². The van der Waals surface area contributed by atoms with Crippen LogP contribution in [0.3, 0.4) is 0 Å². The number of ether oxygens (including phenoxy) is 1. The number of morpholine rings is 1. The lowest BCUT2D eigenvalue weighted by atomic mass is 10.1. The highest BCUT2D eigenvalue weighted by atomic mass is 19.1. The first-order valence-electron chi connectivity index (χ1n) is 13.2. The average molecular weight is 535 g/mol. The molecule has 1 saturated heterocycles. The second-order valence-electron chi connectivity index (χ2n) is 9.49. The van der Waals surface area contributed by atoms with Crippen LogP contribution in [-0.4, -0.2) is 53.9 Å². The summed E-state index contributed by atoms with van der Waals surface area (Å²) >= 11 is 0. The molecule has 39 heavy (non-hydrogen) atoms. The first-order valence-corrected chi connectivity index (χ1v) is 13.2. The number of hydrogen-bond acceptors (Lipinski definition) is 7. The number of nitrogens with zero attached hydrogens (tertiary/aromatic N) is 5. The second-order valence-corrected chi connectivity index (χ2v) is 9.49. The first kappa shape index (κ1) is 26.6. The van der Waals surface area contributed by atoms with Crippen LogP contribution in [0.15, 0.2) is 53.6 Å². The van der Waals surface area contributed by atoms with Crippen LogP contribution in [-0.2, 0) is 4.74 Å². The molecule has 0 saturated carbocycles. The van der Waals surface area contributed by atoms with E-state index in [2.05, 4.69) is 33.9 Å². The molecule has 1 fully saturated rings. The van der Waals surface area contributed by atoms with E-state index in [0.717, 1.165) is 31.3 Å². The fraction of sp³-hybridized carbons (Fsp3) is 0.345. The van der Waals surface area contributed by atoms with Gasteiger partial charge < -0.3 is 19.9 Å². The Morgan fingerprint density at radius 2 is 1.90 bits per heavy atom. The number of nitrogens with one attached hydrogen (secondary N) is 1. The summed E-state index contributed by atoms with van der Waals surface area (Å²) in [6.07, 6.45) is 4.42. The Balaban J connectivity index is 1.73. The lowest BCUT2D eigenvalue weighted by Crippen LogP contribution is -2.37. The Kier molecular flexibility index (Phi) is 7.74. The highest BCUT2D eigenvalue weighted by molar-refractivity contribution is 5.98. The minimum Gasteiger partial charge on any atom is -0.378 e. The molecule has 10 heteroatoms. The van der Waals surface area contributed by atoms with Crippen molar-refractivity contribution in [2.45, 2.75) is 27.2 Å². The molecule has 1 aliphatic heterocycles. The Morgan fingerprint density at radius 3 is 2.62 bits per heavy atom. The highest BCUT2D eigenvalue weighted by Crippen LogP contribution is 2.38. The summed E-state index contributed by atoms with van der Waals surface area (Å²) in [4.78, 5) is 26.4. The normalized spacial score (nSPS) is 13.6. The molecular formula is C29H32F2N6O2. The third-order valence-electron chi connectivity index (χ3n) is 6.93. The molecular weight excluding hydrogens is 502 g/mol. The van der Waals surface area contributed by atoms with Crippen LogP contribution in [0.2, 0.25) is 0 Å². The molecule has 4 aromatic rings. The topological polar surface area (TPSA) is 75.5 Å². The zero-order chi connectivity index (χ0) is 27.5. The molecule has 4 heterocycles. The summed E-state index contributed by atoms with van der Waals surface area (Å²) < 4.78 is 36.6. The molecule has 204 valence electrons. The Morgan fingerprint density at radius 1 is 1.10 bits per heavy atom. The van der Waals surface area contributed by atoms with Crippen molar-refractivity contribution < 1.29 is 13.5 Å². The number of fused-ring (bicyclic) bond motifs is 1. The van der Waals surface area contributed by atoms with E-state index >= 15 is 4.39 Å². The van der Waals surface area contributed by atoms with Gasteiger partial charge in [0.2, 0.25) is 0 Å². The van der Waals surface area contributed by atoms with Crippen molar-refractivity contribution >= 4 is 33.8 Å². The summed E-state index contributed by atoms with van der Waals surface area (Å²) in [5, 5.41) is 3.58. The van der Waals surface area contributed by atoms with Gasteiger partial charge in [-0.2, -0.15) is 0 Å². The number of rotatable bonds is 8. The van der Waals surface area contributed by atoms with Gasteiger partial charge in [0, 0.05) is 56.1 Å². The SMILES string of the molecule is CCCN(CC)c1cnc(N2CCOCC2)c(Nc2c(C)c(-n3ccccc3=O)nc3cc(F)cc(F)c23)c1. The lowest BCUT2D eigenvalue weighted by molar-refractivity contribution is 0.122. The molecule has 0 unspecified atom stereocenters. The van der Waals surface area contributed by atoms with E-state index in [1.54, 1.807) is 25.3 Å². The standard InChI is InChI=1S/C29H32F2N6O2/c1-4-9-35(5-2)21-17-24(29(32-18-21)36-11-13-39-14-12-36)33-27-19(3)28(37-10-7-6-8-25(37)38)34-23-16-20(30)15-22(31)26(23)27/h6-8,10,15-18H,4-5,9,11-14H2,1-3H3,(H,33,34).